The molecule has 0 atom stereocenters. The van der Waals surface area contributed by atoms with Gasteiger partial charge in [-0.15, -0.1) is 0 Å². The maximum atomic E-state index is 13.7. The summed E-state index contributed by atoms with van der Waals surface area (Å²) in [5.74, 6) is 0. The summed E-state index contributed by atoms with van der Waals surface area (Å²) in [4.78, 5) is 24.2. The first kappa shape index (κ1) is 33.1. The fourth-order valence-corrected chi connectivity index (χ4v) is 14.0. The van der Waals surface area contributed by atoms with E-state index in [2.05, 4.69) is 180 Å². The molecule has 56 heavy (non-hydrogen) atoms. The molecular weight excluding hydrogens is 721 g/mol. The van der Waals surface area contributed by atoms with Gasteiger partial charge in [0.1, 0.15) is 0 Å². The first-order valence-corrected chi connectivity index (χ1v) is 22.2. The van der Waals surface area contributed by atoms with Gasteiger partial charge in [-0.1, -0.05) is 0 Å². The van der Waals surface area contributed by atoms with E-state index in [4.69, 9.17) is 9.97 Å². The number of fused-ring (bicyclic) bond motifs is 10. The van der Waals surface area contributed by atoms with Gasteiger partial charge < -0.3 is 0 Å². The molecule has 0 aliphatic rings. The molecule has 3 heterocycles. The predicted molar refractivity (Wildman–Crippen MR) is 242 cm³/mol. The van der Waals surface area contributed by atoms with Gasteiger partial charge in [0.2, 0.25) is 0 Å². The molecule has 0 aliphatic carbocycles. The number of hydrogen-bond acceptors (Lipinski definition) is 3. The quantitative estimate of drug-likeness (QED) is 0.136. The second-order valence-corrected chi connectivity index (χ2v) is 19.7. The van der Waals surface area contributed by atoms with Crippen LogP contribution in [0.15, 0.2) is 200 Å². The number of para-hydroxylation sites is 3. The van der Waals surface area contributed by atoms with Crippen molar-refractivity contribution in [1.29, 1.82) is 0 Å². The number of aromatic nitrogens is 3. The van der Waals surface area contributed by atoms with E-state index in [-0.39, 0.29) is 0 Å². The molecule has 6 heteroatoms. The Hall–Kier alpha value is -6.28. The average Bonchev–Trinajstić information content (AvgIpc) is 3.67. The van der Waals surface area contributed by atoms with Gasteiger partial charge in [0.05, 0.1) is 0 Å². The van der Waals surface area contributed by atoms with E-state index in [1.54, 1.807) is 0 Å². The van der Waals surface area contributed by atoms with Crippen LogP contribution in [0.2, 0.25) is 0 Å². The van der Waals surface area contributed by atoms with Crippen molar-refractivity contribution < 1.29 is 4.89 Å². The van der Waals surface area contributed by atoms with Gasteiger partial charge in [-0.2, -0.15) is 0 Å². The van der Waals surface area contributed by atoms with E-state index < -0.39 is 15.4 Å². The average molecular weight is 756 g/mol. The number of imidazole rings is 1. The summed E-state index contributed by atoms with van der Waals surface area (Å²) in [7, 11) is -4.56. The number of hydrogen-bond donors (Lipinski definition) is 1. The molecule has 0 saturated heterocycles. The van der Waals surface area contributed by atoms with Gasteiger partial charge in [-0.3, -0.25) is 0 Å². The second kappa shape index (κ2) is 13.2. The molecule has 266 valence electrons. The molecule has 4 nitrogen and oxygen atoms in total. The summed E-state index contributed by atoms with van der Waals surface area (Å²) in [6.45, 7) is 0. The fraction of sp³-hybridized carbons (Fsp3) is 0. The number of rotatable bonds is 6. The van der Waals surface area contributed by atoms with Gasteiger partial charge in [-0.05, 0) is 0 Å². The molecule has 0 fully saturated rings. The molecule has 3 aromatic heterocycles. The standard InChI is InChI=1S/C50H35N3OP2/c54-56(40-28-26-34-14-7-8-15-35(34)30-40,41-31-36-16-9-11-22-45(36)51-33-41)48-25-13-24-47-49(48)52-50-44-32-39(27-29-42(44)43-21-10-12-23-46(43)53(47)50)55(37-17-3-1-4-18-37)38-19-5-2-6-20-38/h1-33,54,56H. The molecule has 0 spiro atoms. The molecule has 0 unspecified atom stereocenters. The van der Waals surface area contributed by atoms with E-state index in [9.17, 15) is 4.89 Å². The third-order valence-electron chi connectivity index (χ3n) is 11.2. The minimum atomic E-state index is -3.73. The van der Waals surface area contributed by atoms with Gasteiger partial charge >= 0.3 is 327 Å². The minimum absolute atomic E-state index is 0.805. The first-order valence-electron chi connectivity index (χ1n) is 18.9. The van der Waals surface area contributed by atoms with Crippen molar-refractivity contribution in [1.82, 2.24) is 14.4 Å². The van der Waals surface area contributed by atoms with Crippen LogP contribution >= 0.6 is 15.4 Å². The SMILES string of the molecule is O[PH](c1ccc2ccccc2c1)(c1cnc2ccccc2c1)c1cccc2c1nc1c3cc(P(c4ccccc4)c4ccccc4)ccc3c3ccccc3n21. The molecule has 8 aromatic carbocycles. The number of benzene rings is 8. The van der Waals surface area contributed by atoms with E-state index >= 15 is 0 Å². The van der Waals surface area contributed by atoms with E-state index in [1.807, 2.05) is 24.4 Å². The number of pyridine rings is 2. The second-order valence-electron chi connectivity index (χ2n) is 14.4. The molecule has 0 bridgehead atoms. The van der Waals surface area contributed by atoms with Crippen molar-refractivity contribution >= 4 is 107 Å². The Morgan fingerprint density at radius 1 is 0.464 bits per heavy atom. The van der Waals surface area contributed by atoms with Gasteiger partial charge in [0.15, 0.2) is 0 Å². The molecule has 1 N–H and O–H groups in total. The third-order valence-corrected chi connectivity index (χ3v) is 17.1. The van der Waals surface area contributed by atoms with Crippen molar-refractivity contribution in [3.8, 4) is 0 Å². The maximum absolute atomic E-state index is 13.7. The van der Waals surface area contributed by atoms with Crippen LogP contribution in [-0.4, -0.2) is 19.3 Å². The van der Waals surface area contributed by atoms with Crippen molar-refractivity contribution in [2.75, 3.05) is 0 Å². The zero-order chi connectivity index (χ0) is 37.2. The summed E-state index contributed by atoms with van der Waals surface area (Å²) in [6, 6.07) is 68.6. The first-order chi connectivity index (χ1) is 27.6. The van der Waals surface area contributed by atoms with Gasteiger partial charge in [0, 0.05) is 0 Å². The van der Waals surface area contributed by atoms with Crippen molar-refractivity contribution in [2.45, 2.75) is 0 Å². The predicted octanol–water partition coefficient (Wildman–Crippen LogP) is 9.19. The van der Waals surface area contributed by atoms with Crippen LogP contribution in [0.1, 0.15) is 0 Å². The van der Waals surface area contributed by atoms with Crippen LogP contribution in [0.3, 0.4) is 0 Å². The van der Waals surface area contributed by atoms with Crippen LogP contribution in [0.5, 0.6) is 0 Å². The Morgan fingerprint density at radius 3 is 1.93 bits per heavy atom. The van der Waals surface area contributed by atoms with Crippen molar-refractivity contribution in [2.24, 2.45) is 0 Å². The number of nitrogens with zero attached hydrogens (tertiary/aromatic N) is 3. The summed E-state index contributed by atoms with van der Waals surface area (Å²) in [5.41, 5.74) is 4.63. The van der Waals surface area contributed by atoms with Crippen molar-refractivity contribution in [3.05, 3.63) is 200 Å². The van der Waals surface area contributed by atoms with E-state index in [1.165, 1.54) is 15.9 Å². The Kier molecular flexibility index (Phi) is 7.79. The summed E-state index contributed by atoms with van der Waals surface area (Å²) >= 11 is 0. The Balaban J connectivity index is 1.22. The van der Waals surface area contributed by atoms with Crippen LogP contribution in [0, 0.1) is 0 Å². The molecule has 11 aromatic rings. The summed E-state index contributed by atoms with van der Waals surface area (Å²) < 4.78 is 2.31. The van der Waals surface area contributed by atoms with Crippen LogP contribution in [0.4, 0.5) is 0 Å². The third kappa shape index (κ3) is 5.19. The zero-order valence-corrected chi connectivity index (χ0v) is 32.2. The van der Waals surface area contributed by atoms with Crippen LogP contribution in [0.25, 0.3) is 60.0 Å². The van der Waals surface area contributed by atoms with Gasteiger partial charge in [0.25, 0.3) is 0 Å². The van der Waals surface area contributed by atoms with Crippen LogP contribution < -0.4 is 31.8 Å². The fourth-order valence-electron chi connectivity index (χ4n) is 8.57. The normalized spacial score (nSPS) is 12.5. The Bertz CT molecular complexity index is 3170. The Morgan fingerprint density at radius 2 is 1.12 bits per heavy atom. The van der Waals surface area contributed by atoms with E-state index in [0.29, 0.717) is 0 Å². The molecule has 0 aliphatic heterocycles. The molecule has 11 rings (SSSR count). The van der Waals surface area contributed by atoms with Crippen molar-refractivity contribution in [3.63, 3.8) is 0 Å². The molecule has 0 saturated carbocycles. The zero-order valence-electron chi connectivity index (χ0n) is 30.3. The molecule has 0 amide bonds. The van der Waals surface area contributed by atoms with Crippen LogP contribution in [-0.2, 0) is 0 Å². The molecule has 0 radical (unpaired) electrons. The van der Waals surface area contributed by atoms with E-state index in [0.717, 1.165) is 75.9 Å². The summed E-state index contributed by atoms with van der Waals surface area (Å²) in [5, 5.41) is 13.1. The van der Waals surface area contributed by atoms with Gasteiger partial charge in [-0.25, -0.2) is 0 Å². The monoisotopic (exact) mass is 755 g/mol. The summed E-state index contributed by atoms with van der Waals surface area (Å²) in [6.07, 6.45) is 1.88. The Labute approximate surface area is 325 Å². The molecular formula is C50H35N3OP2. The topological polar surface area (TPSA) is 50.4 Å².